The molecule has 7 heteroatoms. The lowest BCUT2D eigenvalue weighted by Gasteiger charge is -2.17. The Balaban J connectivity index is 1.57. The Morgan fingerprint density at radius 3 is 2.54 bits per heavy atom. The molecule has 6 nitrogen and oxygen atoms in total. The zero-order chi connectivity index (χ0) is 20.1. The Bertz CT molecular complexity index is 896. The summed E-state index contributed by atoms with van der Waals surface area (Å²) in [5.74, 6) is -0.179. The number of carbonyl (C=O) groups is 2. The third-order valence-electron chi connectivity index (χ3n) is 4.78. The van der Waals surface area contributed by atoms with Crippen molar-refractivity contribution in [2.45, 2.75) is 33.1 Å². The number of hydrogen-bond donors (Lipinski definition) is 3. The Morgan fingerprint density at radius 2 is 1.89 bits per heavy atom. The van der Waals surface area contributed by atoms with Gasteiger partial charge in [-0.25, -0.2) is 0 Å². The van der Waals surface area contributed by atoms with Gasteiger partial charge in [0.25, 0.3) is 5.91 Å². The molecule has 28 heavy (non-hydrogen) atoms. The van der Waals surface area contributed by atoms with Crippen molar-refractivity contribution >= 4 is 40.5 Å². The highest BCUT2D eigenvalue weighted by Gasteiger charge is 2.21. The molecule has 0 radical (unpaired) electrons. The minimum absolute atomic E-state index is 0.123. The van der Waals surface area contributed by atoms with Crippen LogP contribution in [0.25, 0.3) is 0 Å². The molecule has 2 aromatic carbocycles. The molecule has 3 N–H and O–H groups in total. The van der Waals surface area contributed by atoms with Crippen LogP contribution in [0.1, 0.15) is 41.3 Å². The predicted octanol–water partition coefficient (Wildman–Crippen LogP) is 3.32. The molecule has 1 aliphatic heterocycles. The second-order valence-electron chi connectivity index (χ2n) is 6.69. The van der Waals surface area contributed by atoms with E-state index < -0.39 is 0 Å². The summed E-state index contributed by atoms with van der Waals surface area (Å²) in [4.78, 5) is 25.9. The minimum Gasteiger partial charge on any atom is -0.331 e. The van der Waals surface area contributed by atoms with Crippen molar-refractivity contribution in [3.8, 4) is 0 Å². The minimum atomic E-state index is -0.302. The highest BCUT2D eigenvalue weighted by molar-refractivity contribution is 7.80. The van der Waals surface area contributed by atoms with Crippen LogP contribution in [-0.4, -0.2) is 23.5 Å². The largest absolute Gasteiger partial charge is 0.331 e. The molecule has 0 bridgehead atoms. The van der Waals surface area contributed by atoms with E-state index in [4.69, 9.17) is 12.2 Å². The summed E-state index contributed by atoms with van der Waals surface area (Å²) in [7, 11) is 0. The topological polar surface area (TPSA) is 73.5 Å². The molecule has 1 saturated heterocycles. The van der Waals surface area contributed by atoms with Gasteiger partial charge < -0.3 is 10.2 Å². The summed E-state index contributed by atoms with van der Waals surface area (Å²) in [6, 6.07) is 13.0. The van der Waals surface area contributed by atoms with Crippen molar-refractivity contribution in [2.24, 2.45) is 0 Å². The van der Waals surface area contributed by atoms with Gasteiger partial charge in [-0.05, 0) is 67.4 Å². The highest BCUT2D eigenvalue weighted by Crippen LogP contribution is 2.22. The third kappa shape index (κ3) is 4.48. The number of aryl methyl sites for hydroxylation is 2. The Kier molecular flexibility index (Phi) is 6.26. The van der Waals surface area contributed by atoms with Crippen LogP contribution >= 0.6 is 12.2 Å². The fourth-order valence-electron chi connectivity index (χ4n) is 3.25. The quantitative estimate of drug-likeness (QED) is 0.546. The number of thiocarbonyl (C=S) groups is 1. The van der Waals surface area contributed by atoms with E-state index in [0.29, 0.717) is 17.1 Å². The molecule has 1 fully saturated rings. The number of benzene rings is 2. The maximum atomic E-state index is 12.3. The van der Waals surface area contributed by atoms with Gasteiger partial charge >= 0.3 is 0 Å². The van der Waals surface area contributed by atoms with Gasteiger partial charge in [0.05, 0.1) is 0 Å². The number of nitrogens with one attached hydrogen (secondary N) is 3. The summed E-state index contributed by atoms with van der Waals surface area (Å²) in [5.41, 5.74) is 9.83. The standard InChI is InChI=1S/C21H24N4O2S/c1-3-15-7-4-6-14(2)19(15)22-21(28)24-23-20(27)16-9-11-17(12-10-16)25-13-5-8-18(25)26/h4,6-7,9-12H,3,5,8,13H2,1-2H3,(H,23,27)(H2,22,24,28). The molecule has 3 rings (SSSR count). The van der Waals surface area contributed by atoms with Crippen LogP contribution < -0.4 is 21.1 Å². The zero-order valence-electron chi connectivity index (χ0n) is 16.0. The predicted molar refractivity (Wildman–Crippen MR) is 115 cm³/mol. The van der Waals surface area contributed by atoms with E-state index in [1.807, 2.05) is 25.1 Å². The van der Waals surface area contributed by atoms with E-state index in [2.05, 4.69) is 23.1 Å². The van der Waals surface area contributed by atoms with Gasteiger partial charge in [0.15, 0.2) is 5.11 Å². The molecule has 0 atom stereocenters. The van der Waals surface area contributed by atoms with E-state index in [1.54, 1.807) is 29.2 Å². The van der Waals surface area contributed by atoms with Crippen LogP contribution in [0.4, 0.5) is 11.4 Å². The summed E-state index contributed by atoms with van der Waals surface area (Å²) in [5, 5.41) is 3.47. The summed E-state index contributed by atoms with van der Waals surface area (Å²) in [6.45, 7) is 4.82. The van der Waals surface area contributed by atoms with Gasteiger partial charge in [0.2, 0.25) is 5.91 Å². The van der Waals surface area contributed by atoms with E-state index in [9.17, 15) is 9.59 Å². The van der Waals surface area contributed by atoms with Crippen molar-refractivity contribution in [3.05, 3.63) is 59.2 Å². The van der Waals surface area contributed by atoms with Crippen LogP contribution in [0.15, 0.2) is 42.5 Å². The van der Waals surface area contributed by atoms with Crippen LogP contribution in [-0.2, 0) is 11.2 Å². The van der Waals surface area contributed by atoms with E-state index in [0.717, 1.165) is 41.9 Å². The average molecular weight is 397 g/mol. The molecule has 2 amide bonds. The lowest BCUT2D eigenvalue weighted by Crippen LogP contribution is -2.44. The van der Waals surface area contributed by atoms with Crippen LogP contribution in [0, 0.1) is 6.92 Å². The lowest BCUT2D eigenvalue weighted by molar-refractivity contribution is -0.117. The number of nitrogens with zero attached hydrogens (tertiary/aromatic N) is 1. The maximum Gasteiger partial charge on any atom is 0.269 e. The molecule has 0 aromatic heterocycles. The number of rotatable bonds is 4. The Hall–Kier alpha value is -2.93. The van der Waals surface area contributed by atoms with Gasteiger partial charge in [-0.15, -0.1) is 0 Å². The molecule has 0 saturated carbocycles. The van der Waals surface area contributed by atoms with Crippen molar-refractivity contribution < 1.29 is 9.59 Å². The van der Waals surface area contributed by atoms with Crippen molar-refractivity contribution in [3.63, 3.8) is 0 Å². The van der Waals surface area contributed by atoms with Gasteiger partial charge in [-0.2, -0.15) is 0 Å². The normalized spacial score (nSPS) is 13.4. The maximum absolute atomic E-state index is 12.3. The van der Waals surface area contributed by atoms with Crippen LogP contribution in [0.5, 0.6) is 0 Å². The lowest BCUT2D eigenvalue weighted by atomic mass is 10.1. The molecule has 146 valence electrons. The van der Waals surface area contributed by atoms with Crippen molar-refractivity contribution in [1.82, 2.24) is 10.9 Å². The number of para-hydroxylation sites is 1. The molecular weight excluding hydrogens is 372 g/mol. The Morgan fingerprint density at radius 1 is 1.14 bits per heavy atom. The van der Waals surface area contributed by atoms with E-state index >= 15 is 0 Å². The smallest absolute Gasteiger partial charge is 0.269 e. The number of carbonyl (C=O) groups excluding carboxylic acids is 2. The van der Waals surface area contributed by atoms with Crippen LogP contribution in [0.2, 0.25) is 0 Å². The van der Waals surface area contributed by atoms with E-state index in [-0.39, 0.29) is 11.8 Å². The van der Waals surface area contributed by atoms with Gasteiger partial charge in [0, 0.05) is 29.9 Å². The van der Waals surface area contributed by atoms with Crippen molar-refractivity contribution in [2.75, 3.05) is 16.8 Å². The molecule has 1 aliphatic rings. The third-order valence-corrected chi connectivity index (χ3v) is 4.99. The molecule has 0 spiro atoms. The summed E-state index contributed by atoms with van der Waals surface area (Å²) < 4.78 is 0. The monoisotopic (exact) mass is 396 g/mol. The number of hydrazine groups is 1. The summed E-state index contributed by atoms with van der Waals surface area (Å²) in [6.07, 6.45) is 2.33. The molecule has 2 aromatic rings. The second-order valence-corrected chi connectivity index (χ2v) is 7.10. The summed E-state index contributed by atoms with van der Waals surface area (Å²) >= 11 is 5.30. The first-order chi connectivity index (χ1) is 13.5. The second kappa shape index (κ2) is 8.84. The van der Waals surface area contributed by atoms with Gasteiger partial charge in [0.1, 0.15) is 0 Å². The number of anilines is 2. The molecule has 0 unspecified atom stereocenters. The first-order valence-corrected chi connectivity index (χ1v) is 9.76. The molecule has 1 heterocycles. The first kappa shape index (κ1) is 19.8. The fraction of sp³-hybridized carbons (Fsp3) is 0.286. The highest BCUT2D eigenvalue weighted by atomic mass is 32.1. The number of amides is 2. The Labute approximate surface area is 170 Å². The van der Waals surface area contributed by atoms with Crippen molar-refractivity contribution in [1.29, 1.82) is 0 Å². The zero-order valence-corrected chi connectivity index (χ0v) is 16.9. The van der Waals surface area contributed by atoms with Gasteiger partial charge in [-0.1, -0.05) is 25.1 Å². The average Bonchev–Trinajstić information content (AvgIpc) is 3.13. The van der Waals surface area contributed by atoms with Crippen LogP contribution in [0.3, 0.4) is 0 Å². The molecular formula is C21H24N4O2S. The van der Waals surface area contributed by atoms with Gasteiger partial charge in [-0.3, -0.25) is 20.4 Å². The molecule has 0 aliphatic carbocycles. The SMILES string of the molecule is CCc1cccc(C)c1NC(=S)NNC(=O)c1ccc(N2CCCC2=O)cc1. The fourth-order valence-corrected chi connectivity index (χ4v) is 3.40. The number of hydrogen-bond acceptors (Lipinski definition) is 3. The van der Waals surface area contributed by atoms with E-state index in [1.165, 1.54) is 0 Å². The first-order valence-electron chi connectivity index (χ1n) is 9.36.